The Morgan fingerprint density at radius 2 is 1.48 bits per heavy atom. The van der Waals surface area contributed by atoms with E-state index in [1.54, 1.807) is 12.1 Å². The molecule has 1 saturated heterocycles. The van der Waals surface area contributed by atoms with Gasteiger partial charge in [0.05, 0.1) is 11.7 Å². The summed E-state index contributed by atoms with van der Waals surface area (Å²) < 4.78 is 0. The van der Waals surface area contributed by atoms with Crippen LogP contribution in [0.4, 0.5) is 15.3 Å². The van der Waals surface area contributed by atoms with Gasteiger partial charge in [-0.25, -0.2) is 14.5 Å². The number of carbonyl (C=O) groups excluding carboxylic acids is 2. The van der Waals surface area contributed by atoms with Gasteiger partial charge in [0.15, 0.2) is 0 Å². The van der Waals surface area contributed by atoms with Crippen LogP contribution < -0.4 is 15.5 Å². The molecule has 2 aromatic rings. The van der Waals surface area contributed by atoms with Crippen molar-refractivity contribution in [3.63, 3.8) is 0 Å². The van der Waals surface area contributed by atoms with E-state index in [4.69, 9.17) is 0 Å². The highest BCUT2D eigenvalue weighted by Crippen LogP contribution is 2.51. The van der Waals surface area contributed by atoms with Crippen LogP contribution in [0.1, 0.15) is 35.9 Å². The molecule has 25 heavy (non-hydrogen) atoms. The van der Waals surface area contributed by atoms with Crippen LogP contribution in [0.3, 0.4) is 0 Å². The first-order valence-corrected chi connectivity index (χ1v) is 8.79. The molecule has 1 aliphatic heterocycles. The third kappa shape index (κ3) is 2.08. The Morgan fingerprint density at radius 3 is 2.28 bits per heavy atom. The Balaban J connectivity index is 1.60. The number of fused-ring (bicyclic) bond motifs is 3. The first kappa shape index (κ1) is 14.5. The average molecular weight is 333 g/mol. The topological polar surface area (TPSA) is 61.4 Å². The molecule has 4 atom stereocenters. The second-order valence-electron chi connectivity index (χ2n) is 7.05. The molecule has 1 heterocycles. The van der Waals surface area contributed by atoms with Crippen LogP contribution in [-0.4, -0.2) is 18.1 Å². The van der Waals surface area contributed by atoms with E-state index in [9.17, 15) is 9.59 Å². The number of hydrogen-bond acceptors (Lipinski definition) is 2. The SMILES string of the molecule is O=C1N[C@H]2[C@H]3CC[C@H]2c2ccccc2[C@@H]3NC(=O)N1c1ccccc1. The van der Waals surface area contributed by atoms with Crippen molar-refractivity contribution < 1.29 is 9.59 Å². The van der Waals surface area contributed by atoms with E-state index in [0.717, 1.165) is 12.8 Å². The second kappa shape index (κ2) is 5.34. The largest absolute Gasteiger partial charge is 0.334 e. The summed E-state index contributed by atoms with van der Waals surface area (Å²) in [6.45, 7) is 0. The van der Waals surface area contributed by atoms with Crippen molar-refractivity contribution >= 4 is 17.7 Å². The first-order valence-electron chi connectivity index (χ1n) is 8.79. The fourth-order valence-electron chi connectivity index (χ4n) is 4.82. The lowest BCUT2D eigenvalue weighted by Gasteiger charge is -2.42. The van der Waals surface area contributed by atoms with Crippen molar-refractivity contribution in [1.29, 1.82) is 0 Å². The van der Waals surface area contributed by atoms with Gasteiger partial charge in [-0.15, -0.1) is 0 Å². The Labute approximate surface area is 146 Å². The number of nitrogens with one attached hydrogen (secondary N) is 2. The lowest BCUT2D eigenvalue weighted by atomic mass is 9.75. The van der Waals surface area contributed by atoms with E-state index in [1.165, 1.54) is 16.0 Å². The molecule has 126 valence electrons. The lowest BCUT2D eigenvalue weighted by molar-refractivity contribution is 0.206. The zero-order chi connectivity index (χ0) is 17.0. The van der Waals surface area contributed by atoms with Gasteiger partial charge in [-0.05, 0) is 36.1 Å². The number of urea groups is 2. The Hall–Kier alpha value is -2.82. The fraction of sp³-hybridized carbons (Fsp3) is 0.300. The standard InChI is InChI=1S/C20H19N3O2/c24-19-21-17-14-9-5-4-8-13(14)15-10-11-16(17)18(15)22-20(25)23(19)12-6-2-1-3-7-12/h1-9,15-18H,10-11H2,(H,21,24)(H,22,25)/t15-,16-,17-,18+/m0/s1. The molecule has 5 rings (SSSR count). The van der Waals surface area contributed by atoms with E-state index in [2.05, 4.69) is 22.8 Å². The maximum Gasteiger partial charge on any atom is 0.330 e. The number of rotatable bonds is 1. The summed E-state index contributed by atoms with van der Waals surface area (Å²) in [5, 5.41) is 6.30. The van der Waals surface area contributed by atoms with Crippen molar-refractivity contribution in [2.75, 3.05) is 4.90 Å². The van der Waals surface area contributed by atoms with Crippen LogP contribution >= 0.6 is 0 Å². The Bertz CT molecular complexity index is 851. The number of imide groups is 1. The van der Waals surface area contributed by atoms with Gasteiger partial charge in [-0.1, -0.05) is 42.5 Å². The molecule has 2 aliphatic carbocycles. The summed E-state index contributed by atoms with van der Waals surface area (Å²) in [5.74, 6) is 0.583. The monoisotopic (exact) mass is 333 g/mol. The van der Waals surface area contributed by atoms with E-state index < -0.39 is 0 Å². The van der Waals surface area contributed by atoms with Gasteiger partial charge in [-0.2, -0.15) is 0 Å². The quantitative estimate of drug-likeness (QED) is 0.838. The average Bonchev–Trinajstić information content (AvgIpc) is 2.95. The molecule has 0 unspecified atom stereocenters. The van der Waals surface area contributed by atoms with Crippen LogP contribution in [-0.2, 0) is 0 Å². The van der Waals surface area contributed by atoms with Crippen molar-refractivity contribution in [1.82, 2.24) is 10.6 Å². The van der Waals surface area contributed by atoms with E-state index in [0.29, 0.717) is 11.6 Å². The molecule has 2 aromatic carbocycles. The van der Waals surface area contributed by atoms with E-state index in [1.807, 2.05) is 30.3 Å². The highest BCUT2D eigenvalue weighted by molar-refractivity contribution is 6.14. The van der Waals surface area contributed by atoms with Gasteiger partial charge < -0.3 is 10.6 Å². The molecule has 0 radical (unpaired) electrons. The van der Waals surface area contributed by atoms with Crippen LogP contribution in [0, 0.1) is 5.92 Å². The number of amides is 4. The van der Waals surface area contributed by atoms with Crippen LogP contribution in [0.5, 0.6) is 0 Å². The molecule has 2 N–H and O–H groups in total. The van der Waals surface area contributed by atoms with Crippen molar-refractivity contribution in [3.8, 4) is 0 Å². The molecule has 4 amide bonds. The molecule has 2 fully saturated rings. The normalized spacial score (nSPS) is 30.0. The molecule has 4 bridgehead atoms. The smallest absolute Gasteiger partial charge is 0.330 e. The predicted octanol–water partition coefficient (Wildman–Crippen LogP) is 3.54. The maximum atomic E-state index is 12.9. The summed E-state index contributed by atoms with van der Waals surface area (Å²) in [6, 6.07) is 16.7. The summed E-state index contributed by atoms with van der Waals surface area (Å²) in [7, 11) is 0. The van der Waals surface area contributed by atoms with Crippen LogP contribution in [0.15, 0.2) is 54.6 Å². The maximum absolute atomic E-state index is 12.9. The first-order chi connectivity index (χ1) is 12.2. The third-order valence-corrected chi connectivity index (χ3v) is 5.85. The highest BCUT2D eigenvalue weighted by Gasteiger charge is 2.50. The van der Waals surface area contributed by atoms with Gasteiger partial charge in [0, 0.05) is 17.9 Å². The number of anilines is 1. The number of nitrogens with zero attached hydrogens (tertiary/aromatic N) is 1. The fourth-order valence-corrected chi connectivity index (χ4v) is 4.82. The Morgan fingerprint density at radius 1 is 0.800 bits per heavy atom. The van der Waals surface area contributed by atoms with Gasteiger partial charge >= 0.3 is 12.1 Å². The minimum Gasteiger partial charge on any atom is -0.334 e. The minimum absolute atomic E-state index is 0.0562. The molecule has 5 heteroatoms. The number of carbonyl (C=O) groups is 2. The van der Waals surface area contributed by atoms with Crippen LogP contribution in [0.25, 0.3) is 0 Å². The molecule has 0 spiro atoms. The summed E-state index contributed by atoms with van der Waals surface area (Å²) in [5.41, 5.74) is 3.04. The minimum atomic E-state index is -0.368. The second-order valence-corrected chi connectivity index (χ2v) is 7.05. The highest BCUT2D eigenvalue weighted by atomic mass is 16.2. The third-order valence-electron chi connectivity index (χ3n) is 5.85. The van der Waals surface area contributed by atoms with Crippen LogP contribution in [0.2, 0.25) is 0 Å². The predicted molar refractivity (Wildman–Crippen MR) is 94.4 cm³/mol. The lowest BCUT2D eigenvalue weighted by Crippen LogP contribution is -2.60. The molecule has 1 saturated carbocycles. The number of hydrogen-bond donors (Lipinski definition) is 2. The summed E-state index contributed by atoms with van der Waals surface area (Å²) >= 11 is 0. The van der Waals surface area contributed by atoms with Crippen molar-refractivity contribution in [2.45, 2.75) is 30.8 Å². The molecular formula is C20H19N3O2. The molecule has 3 aliphatic rings. The van der Waals surface area contributed by atoms with Crippen molar-refractivity contribution in [2.24, 2.45) is 5.92 Å². The van der Waals surface area contributed by atoms with Gasteiger partial charge in [0.25, 0.3) is 0 Å². The van der Waals surface area contributed by atoms with Crippen molar-refractivity contribution in [3.05, 3.63) is 65.7 Å². The summed E-state index contributed by atoms with van der Waals surface area (Å²) in [6.07, 6.45) is 2.06. The Kier molecular flexibility index (Phi) is 3.10. The van der Waals surface area contributed by atoms with Gasteiger partial charge in [0.1, 0.15) is 0 Å². The summed E-state index contributed by atoms with van der Waals surface area (Å²) in [4.78, 5) is 27.0. The van der Waals surface area contributed by atoms with Gasteiger partial charge in [-0.3, -0.25) is 0 Å². The zero-order valence-electron chi connectivity index (χ0n) is 13.7. The molecular weight excluding hydrogens is 314 g/mol. The molecule has 5 nitrogen and oxygen atoms in total. The van der Waals surface area contributed by atoms with Gasteiger partial charge in [0.2, 0.25) is 0 Å². The van der Waals surface area contributed by atoms with E-state index >= 15 is 0 Å². The zero-order valence-corrected chi connectivity index (χ0v) is 13.7. The number of para-hydroxylation sites is 1. The number of benzene rings is 2. The van der Waals surface area contributed by atoms with E-state index in [-0.39, 0.29) is 30.1 Å². The molecule has 0 aromatic heterocycles.